The number of rotatable bonds is 12. The first-order valence-corrected chi connectivity index (χ1v) is 47.5. The normalized spacial score (nSPS) is 19.0. The molecule has 1 aliphatic rings. The second-order valence-electron chi connectivity index (χ2n) is 22.5. The first kappa shape index (κ1) is 41.8. The SMILES string of the molecule is C[Si](C)(C)C(c1cc(C([Si](C)(C)C)([Si](C)(C)C)[Si](C)(C)C)cc(C([Si](C)(C)C)[Si](C)(C)C)c1[Si]1(Br)C=C1c1ccccc1)[Si](C)(C)C. The van der Waals surface area contributed by atoms with Gasteiger partial charge in [0.05, 0.1) is 0 Å². The van der Waals surface area contributed by atoms with E-state index in [0.29, 0.717) is 14.6 Å². The van der Waals surface area contributed by atoms with Crippen LogP contribution in [0.1, 0.15) is 32.6 Å². The van der Waals surface area contributed by atoms with Crippen LogP contribution in [0.25, 0.3) is 5.20 Å². The van der Waals surface area contributed by atoms with Crippen LogP contribution in [0.2, 0.25) is 137 Å². The molecule has 47 heavy (non-hydrogen) atoms. The van der Waals surface area contributed by atoms with Crippen molar-refractivity contribution < 1.29 is 0 Å². The van der Waals surface area contributed by atoms with E-state index < -0.39 is 63.2 Å². The van der Waals surface area contributed by atoms with Crippen LogP contribution in [-0.2, 0) is 4.28 Å². The van der Waals surface area contributed by atoms with Crippen LogP contribution in [0.15, 0.2) is 48.2 Å². The minimum absolute atomic E-state index is 0.363. The number of halogens is 1. The summed E-state index contributed by atoms with van der Waals surface area (Å²) >= 11 is 4.73. The Morgan fingerprint density at radius 2 is 0.830 bits per heavy atom. The highest BCUT2D eigenvalue weighted by Gasteiger charge is 2.62. The topological polar surface area (TPSA) is 0 Å². The van der Waals surface area contributed by atoms with Gasteiger partial charge in [-0.25, -0.2) is 0 Å². The van der Waals surface area contributed by atoms with Gasteiger partial charge in [0.25, 0.3) is 0 Å². The maximum atomic E-state index is 4.73. The molecule has 0 bridgehead atoms. The van der Waals surface area contributed by atoms with Gasteiger partial charge in [-0.15, -0.1) is 15.3 Å². The largest absolute Gasteiger partial charge is 0.214 e. The van der Waals surface area contributed by atoms with Gasteiger partial charge in [0.2, 0.25) is 6.69 Å². The molecule has 2 aromatic carbocycles. The van der Waals surface area contributed by atoms with Crippen LogP contribution in [0.3, 0.4) is 0 Å². The molecule has 0 spiro atoms. The first-order chi connectivity index (χ1) is 20.6. The summed E-state index contributed by atoms with van der Waals surface area (Å²) in [6, 6.07) is 17.3. The van der Waals surface area contributed by atoms with Gasteiger partial charge in [0, 0.05) is 56.5 Å². The summed E-state index contributed by atoms with van der Waals surface area (Å²) in [4.78, 5) is 0. The smallest absolute Gasteiger partial charge is 0.108 e. The average Bonchev–Trinajstić information content (AvgIpc) is 3.45. The van der Waals surface area contributed by atoms with Crippen LogP contribution >= 0.6 is 15.3 Å². The molecule has 0 saturated carbocycles. The maximum Gasteiger partial charge on any atom is 0.214 e. The highest BCUT2D eigenvalue weighted by Crippen LogP contribution is 2.54. The highest BCUT2D eigenvalue weighted by molar-refractivity contribution is 9.27. The van der Waals surface area contributed by atoms with Crippen molar-refractivity contribution in [2.24, 2.45) is 0 Å². The summed E-state index contributed by atoms with van der Waals surface area (Å²) in [7, 11) is -11.6. The molecule has 0 aliphatic carbocycles. The van der Waals surface area contributed by atoms with Gasteiger partial charge in [0.15, 0.2) is 0 Å². The second-order valence-corrected chi connectivity index (χ2v) is 68.6. The number of hydrogen-bond donors (Lipinski definition) is 0. The zero-order valence-electron chi connectivity index (χ0n) is 34.7. The van der Waals surface area contributed by atoms with Crippen molar-refractivity contribution in [2.45, 2.75) is 152 Å². The summed E-state index contributed by atoms with van der Waals surface area (Å²) in [5.41, 5.74) is 9.61. The van der Waals surface area contributed by atoms with E-state index in [1.807, 2.05) is 16.3 Å². The van der Waals surface area contributed by atoms with Crippen molar-refractivity contribution in [2.75, 3.05) is 0 Å². The lowest BCUT2D eigenvalue weighted by molar-refractivity contribution is 0.995. The van der Waals surface area contributed by atoms with E-state index in [-0.39, 0.29) is 0 Å². The molecule has 0 radical (unpaired) electrons. The van der Waals surface area contributed by atoms with Gasteiger partial charge in [-0.2, -0.15) is 0 Å². The third-order valence-corrected chi connectivity index (χ3v) is 56.9. The Morgan fingerprint density at radius 3 is 1.11 bits per heavy atom. The van der Waals surface area contributed by atoms with E-state index in [0.717, 1.165) is 0 Å². The molecule has 0 amide bonds. The average molecular weight is 835 g/mol. The zero-order valence-corrected chi connectivity index (χ0v) is 44.2. The summed E-state index contributed by atoms with van der Waals surface area (Å²) in [5.74, 6) is 0. The van der Waals surface area contributed by atoms with E-state index in [4.69, 9.17) is 15.3 Å². The molecule has 0 saturated heterocycles. The molecule has 1 heterocycles. The fourth-order valence-electron chi connectivity index (χ4n) is 12.2. The van der Waals surface area contributed by atoms with Crippen molar-refractivity contribution in [3.8, 4) is 0 Å². The fourth-order valence-corrected chi connectivity index (χ4v) is 74.8. The van der Waals surface area contributed by atoms with Gasteiger partial charge < -0.3 is 0 Å². The lowest BCUT2D eigenvalue weighted by Gasteiger charge is -2.60. The molecule has 1 aliphatic heterocycles. The number of hydrogen-bond acceptors (Lipinski definition) is 0. The Bertz CT molecular complexity index is 1360. The summed E-state index contributed by atoms with van der Waals surface area (Å²) in [6.07, 6.45) is 0. The van der Waals surface area contributed by atoms with E-state index in [1.165, 1.54) is 5.56 Å². The quantitative estimate of drug-likeness (QED) is 0.148. The third-order valence-electron chi connectivity index (χ3n) is 11.2. The molecule has 0 N–H and O–H groups in total. The molecule has 2 aromatic rings. The molecule has 1 atom stereocenters. The van der Waals surface area contributed by atoms with Crippen LogP contribution in [0.4, 0.5) is 0 Å². The van der Waals surface area contributed by atoms with E-state index in [9.17, 15) is 0 Å². The lowest BCUT2D eigenvalue weighted by Crippen LogP contribution is -2.74. The van der Waals surface area contributed by atoms with Crippen LogP contribution in [-0.4, -0.2) is 63.2 Å². The van der Waals surface area contributed by atoms with E-state index in [1.54, 1.807) is 10.8 Å². The first-order valence-electron chi connectivity index (χ1n) is 18.3. The molecular weight excluding hydrogens is 761 g/mol. The molecular formula is C38H73BrSi8. The monoisotopic (exact) mass is 832 g/mol. The Balaban J connectivity index is 2.80. The Hall–Kier alpha value is 0.395. The Labute approximate surface area is 309 Å². The number of benzene rings is 2. The highest BCUT2D eigenvalue weighted by atomic mass is 79.9. The molecule has 0 nitrogen and oxygen atoms in total. The van der Waals surface area contributed by atoms with Crippen molar-refractivity contribution in [3.63, 3.8) is 0 Å². The summed E-state index contributed by atoms with van der Waals surface area (Å²) in [5, 5.41) is 4.86. The standard InChI is InChI=1S/C38H73BrSi8/c1-40(2,3)36(41(4,5)6)32-27-31(38(44(13,14)15,45(16,17)18)46(19,20)21)28-33(37(42(7,8)9)43(10,11)12)35(32)47(39)29-34(47)30-25-23-22-24-26-30/h22-29,36-37H,1-21H3. The zero-order chi connectivity index (χ0) is 36.8. The maximum absolute atomic E-state index is 4.73. The van der Waals surface area contributed by atoms with Gasteiger partial charge in [-0.1, -0.05) is 186 Å². The molecule has 0 fully saturated rings. The minimum atomic E-state index is -2.18. The second kappa shape index (κ2) is 12.8. The van der Waals surface area contributed by atoms with Gasteiger partial charge in [-0.3, -0.25) is 0 Å². The predicted molar refractivity (Wildman–Crippen MR) is 246 cm³/mol. The summed E-state index contributed by atoms with van der Waals surface area (Å²) < 4.78 is 0.363. The van der Waals surface area contributed by atoms with Gasteiger partial charge >= 0.3 is 0 Å². The molecule has 1 unspecified atom stereocenters. The van der Waals surface area contributed by atoms with Crippen LogP contribution in [0.5, 0.6) is 0 Å². The fraction of sp³-hybridized carbons (Fsp3) is 0.632. The van der Waals surface area contributed by atoms with Crippen molar-refractivity contribution in [1.82, 2.24) is 0 Å². The molecule has 264 valence electrons. The van der Waals surface area contributed by atoms with Crippen molar-refractivity contribution in [1.29, 1.82) is 0 Å². The third kappa shape index (κ3) is 7.78. The minimum Gasteiger partial charge on any atom is -0.108 e. The van der Waals surface area contributed by atoms with Crippen LogP contribution in [0, 0.1) is 0 Å². The van der Waals surface area contributed by atoms with Crippen molar-refractivity contribution in [3.05, 3.63) is 70.4 Å². The van der Waals surface area contributed by atoms with E-state index >= 15 is 0 Å². The van der Waals surface area contributed by atoms with Gasteiger partial charge in [0.1, 0.15) is 0 Å². The van der Waals surface area contributed by atoms with Crippen molar-refractivity contribution >= 4 is 88.9 Å². The predicted octanol–water partition coefficient (Wildman–Crippen LogP) is 13.0. The molecule has 9 heteroatoms. The van der Waals surface area contributed by atoms with E-state index in [2.05, 4.69) is 186 Å². The lowest BCUT2D eigenvalue weighted by atomic mass is 10.1. The summed E-state index contributed by atoms with van der Waals surface area (Å²) in [6.45, 7) is 54.9. The Morgan fingerprint density at radius 1 is 0.511 bits per heavy atom. The molecule has 3 rings (SSSR count). The van der Waals surface area contributed by atoms with Crippen LogP contribution < -0.4 is 5.19 Å². The molecule has 0 aromatic heterocycles. The van der Waals surface area contributed by atoms with Gasteiger partial charge in [-0.05, 0) is 47.3 Å². The Kier molecular flexibility index (Phi) is 11.4.